The number of nitrogens with zero attached hydrogens (tertiary/aromatic N) is 3. The Bertz CT molecular complexity index is 728. The number of aromatic nitrogens is 3. The zero-order valence-corrected chi connectivity index (χ0v) is 22.0. The second kappa shape index (κ2) is 12.3. The van der Waals surface area contributed by atoms with Crippen LogP contribution in [0.3, 0.4) is 0 Å². The van der Waals surface area contributed by atoms with Crippen LogP contribution in [0, 0.1) is 5.92 Å². The van der Waals surface area contributed by atoms with Crippen LogP contribution in [-0.2, 0) is 17.8 Å². The summed E-state index contributed by atoms with van der Waals surface area (Å²) in [6.07, 6.45) is 15.3. The van der Waals surface area contributed by atoms with Crippen LogP contribution in [0.25, 0.3) is 0 Å². The molecular weight excluding hydrogens is 412 g/mol. The first-order chi connectivity index (χ1) is 15.5. The minimum absolute atomic E-state index is 0.00140. The van der Waals surface area contributed by atoms with Gasteiger partial charge in [0.25, 0.3) is 0 Å². The van der Waals surface area contributed by atoms with E-state index in [-0.39, 0.29) is 11.4 Å². The van der Waals surface area contributed by atoms with Gasteiger partial charge in [-0.15, -0.1) is 5.10 Å². The maximum atomic E-state index is 12.8. The summed E-state index contributed by atoms with van der Waals surface area (Å²) in [4.78, 5) is 12.8. The van der Waals surface area contributed by atoms with E-state index >= 15 is 0 Å². The molecule has 1 heterocycles. The molecule has 7 nitrogen and oxygen atoms in total. The van der Waals surface area contributed by atoms with Gasteiger partial charge in [0, 0.05) is 36.7 Å². The molecular formula is C26H50N6O. The van der Waals surface area contributed by atoms with Gasteiger partial charge < -0.3 is 16.8 Å². The Labute approximate surface area is 201 Å². The van der Waals surface area contributed by atoms with Crippen molar-refractivity contribution in [2.24, 2.45) is 17.4 Å². The van der Waals surface area contributed by atoms with Gasteiger partial charge in [-0.3, -0.25) is 9.48 Å². The number of amides is 1. The van der Waals surface area contributed by atoms with E-state index in [9.17, 15) is 4.79 Å². The van der Waals surface area contributed by atoms with Gasteiger partial charge >= 0.3 is 0 Å². The van der Waals surface area contributed by atoms with Crippen LogP contribution in [0.4, 0.5) is 0 Å². The van der Waals surface area contributed by atoms with Crippen LogP contribution < -0.4 is 16.8 Å². The summed E-state index contributed by atoms with van der Waals surface area (Å²) in [5.74, 6) is 0.808. The molecule has 0 aliphatic heterocycles. The Morgan fingerprint density at radius 3 is 2.55 bits per heavy atom. The van der Waals surface area contributed by atoms with Crippen LogP contribution in [0.15, 0.2) is 6.20 Å². The van der Waals surface area contributed by atoms with Gasteiger partial charge in [0.15, 0.2) is 0 Å². The maximum Gasteiger partial charge on any atom is 0.220 e. The molecule has 33 heavy (non-hydrogen) atoms. The number of aryl methyl sites for hydroxylation is 2. The summed E-state index contributed by atoms with van der Waals surface area (Å²) in [5, 5.41) is 11.8. The molecule has 4 atom stereocenters. The molecule has 1 aromatic heterocycles. The summed E-state index contributed by atoms with van der Waals surface area (Å²) >= 11 is 0. The van der Waals surface area contributed by atoms with Gasteiger partial charge in [0.1, 0.15) is 0 Å². The lowest BCUT2D eigenvalue weighted by atomic mass is 9.73. The molecule has 0 aromatic carbocycles. The highest BCUT2D eigenvalue weighted by atomic mass is 16.1. The molecule has 1 fully saturated rings. The van der Waals surface area contributed by atoms with Gasteiger partial charge in [-0.05, 0) is 58.8 Å². The minimum atomic E-state index is -0.532. The smallest absolute Gasteiger partial charge is 0.220 e. The second-order valence-corrected chi connectivity index (χ2v) is 11.6. The fourth-order valence-corrected chi connectivity index (χ4v) is 5.25. The molecule has 1 saturated carbocycles. The molecule has 1 aliphatic carbocycles. The van der Waals surface area contributed by atoms with Crippen molar-refractivity contribution >= 4 is 5.91 Å². The summed E-state index contributed by atoms with van der Waals surface area (Å²) < 4.78 is 1.92. The fraction of sp³-hybridized carbons (Fsp3) is 0.885. The lowest BCUT2D eigenvalue weighted by molar-refractivity contribution is -0.124. The first-order valence-corrected chi connectivity index (χ1v) is 13.2. The third-order valence-electron chi connectivity index (χ3n) is 7.71. The average Bonchev–Trinajstić information content (AvgIpc) is 3.13. The normalized spacial score (nSPS) is 28.9. The lowest BCUT2D eigenvalue weighted by Crippen LogP contribution is -2.67. The van der Waals surface area contributed by atoms with Gasteiger partial charge in [-0.2, -0.15) is 0 Å². The molecule has 0 radical (unpaired) electrons. The fourth-order valence-electron chi connectivity index (χ4n) is 5.25. The first kappa shape index (κ1) is 27.8. The Balaban J connectivity index is 1.75. The van der Waals surface area contributed by atoms with Crippen molar-refractivity contribution in [1.29, 1.82) is 0 Å². The van der Waals surface area contributed by atoms with E-state index < -0.39 is 11.1 Å². The zero-order valence-electron chi connectivity index (χ0n) is 22.0. The van der Waals surface area contributed by atoms with Crippen LogP contribution >= 0.6 is 0 Å². The molecule has 7 heteroatoms. The highest BCUT2D eigenvalue weighted by Crippen LogP contribution is 2.37. The molecule has 1 aliphatic rings. The number of rotatable bonds is 13. The van der Waals surface area contributed by atoms with Gasteiger partial charge in [-0.25, -0.2) is 0 Å². The van der Waals surface area contributed by atoms with Crippen LogP contribution in [0.2, 0.25) is 0 Å². The van der Waals surface area contributed by atoms with Crippen molar-refractivity contribution in [3.63, 3.8) is 0 Å². The standard InChI is InChI=1S/C26H50N6O/c1-6-7-8-12-21(2)13-9-10-18-32-19-22(30-31-32)14-15-23(33)29-26(5)20-24(3,27)16-11-17-25(26,4)28/h19,21H,6-18,20,27-28H2,1-5H3,(H,29,33). The van der Waals surface area contributed by atoms with E-state index in [1.54, 1.807) is 0 Å². The molecule has 5 N–H and O–H groups in total. The predicted molar refractivity (Wildman–Crippen MR) is 136 cm³/mol. The van der Waals surface area contributed by atoms with Crippen molar-refractivity contribution in [3.05, 3.63) is 11.9 Å². The number of nitrogens with one attached hydrogen (secondary N) is 1. The molecule has 0 saturated heterocycles. The first-order valence-electron chi connectivity index (χ1n) is 13.2. The average molecular weight is 463 g/mol. The van der Waals surface area contributed by atoms with E-state index in [1.807, 2.05) is 24.7 Å². The maximum absolute atomic E-state index is 12.8. The zero-order chi connectivity index (χ0) is 24.5. The SMILES string of the molecule is CCCCCC(C)CCCCn1cc(CCC(=O)NC2(C)CC(C)(N)CCCC2(C)N)nn1. The number of carbonyl (C=O) groups excluding carboxylic acids is 1. The van der Waals surface area contributed by atoms with Crippen molar-refractivity contribution in [2.45, 2.75) is 141 Å². The van der Waals surface area contributed by atoms with Crippen LogP contribution in [0.1, 0.15) is 117 Å². The Morgan fingerprint density at radius 1 is 1.15 bits per heavy atom. The Kier molecular flexibility index (Phi) is 10.3. The van der Waals surface area contributed by atoms with Crippen LogP contribution in [-0.4, -0.2) is 37.5 Å². The van der Waals surface area contributed by atoms with Crippen molar-refractivity contribution in [3.8, 4) is 0 Å². The highest BCUT2D eigenvalue weighted by molar-refractivity contribution is 5.77. The summed E-state index contributed by atoms with van der Waals surface area (Å²) in [7, 11) is 0. The number of hydrogen-bond acceptors (Lipinski definition) is 5. The van der Waals surface area contributed by atoms with Crippen molar-refractivity contribution in [2.75, 3.05) is 0 Å². The van der Waals surface area contributed by atoms with E-state index in [4.69, 9.17) is 11.5 Å². The van der Waals surface area contributed by atoms with E-state index in [2.05, 4.69) is 36.4 Å². The number of nitrogens with two attached hydrogens (primary N) is 2. The third kappa shape index (κ3) is 9.01. The number of unbranched alkanes of at least 4 members (excludes halogenated alkanes) is 3. The van der Waals surface area contributed by atoms with E-state index in [1.165, 1.54) is 38.5 Å². The summed E-state index contributed by atoms with van der Waals surface area (Å²) in [6.45, 7) is 11.6. The largest absolute Gasteiger partial charge is 0.349 e. The Hall–Kier alpha value is -1.47. The van der Waals surface area contributed by atoms with E-state index in [0.29, 0.717) is 19.3 Å². The van der Waals surface area contributed by atoms with Gasteiger partial charge in [-0.1, -0.05) is 57.6 Å². The molecule has 2 rings (SSSR count). The molecule has 4 unspecified atom stereocenters. The summed E-state index contributed by atoms with van der Waals surface area (Å²) in [6, 6.07) is 0. The van der Waals surface area contributed by atoms with Gasteiger partial charge in [0.2, 0.25) is 5.91 Å². The number of hydrogen-bond donors (Lipinski definition) is 3. The van der Waals surface area contributed by atoms with E-state index in [0.717, 1.165) is 43.8 Å². The molecule has 0 spiro atoms. The number of carbonyl (C=O) groups is 1. The highest BCUT2D eigenvalue weighted by Gasteiger charge is 2.48. The lowest BCUT2D eigenvalue weighted by Gasteiger charge is -2.46. The molecule has 1 amide bonds. The topological polar surface area (TPSA) is 112 Å². The van der Waals surface area contributed by atoms with Gasteiger partial charge in [0.05, 0.1) is 11.2 Å². The van der Waals surface area contributed by atoms with Crippen molar-refractivity contribution < 1.29 is 4.79 Å². The minimum Gasteiger partial charge on any atom is -0.349 e. The second-order valence-electron chi connectivity index (χ2n) is 11.6. The quantitative estimate of drug-likeness (QED) is 0.295. The predicted octanol–water partition coefficient (Wildman–Crippen LogP) is 4.48. The molecule has 1 aromatic rings. The molecule has 0 bridgehead atoms. The molecule has 190 valence electrons. The monoisotopic (exact) mass is 462 g/mol. The third-order valence-corrected chi connectivity index (χ3v) is 7.71. The van der Waals surface area contributed by atoms with Crippen molar-refractivity contribution in [1.82, 2.24) is 20.3 Å². The van der Waals surface area contributed by atoms with Crippen LogP contribution in [0.5, 0.6) is 0 Å². The Morgan fingerprint density at radius 2 is 1.85 bits per heavy atom. The summed E-state index contributed by atoms with van der Waals surface area (Å²) in [5.41, 5.74) is 12.6.